The molecule has 2 aromatic rings. The van der Waals surface area contributed by atoms with Gasteiger partial charge in [0.15, 0.2) is 0 Å². The molecule has 0 saturated heterocycles. The SMILES string of the molecule is COc1nc(NCCOCCOCCN)nc(NCc2ccccc2C(F)(F)F)n1. The summed E-state index contributed by atoms with van der Waals surface area (Å²) in [7, 11) is 1.38. The highest BCUT2D eigenvalue weighted by Gasteiger charge is 2.32. The molecule has 30 heavy (non-hydrogen) atoms. The van der Waals surface area contributed by atoms with Gasteiger partial charge in [-0.1, -0.05) is 18.2 Å². The summed E-state index contributed by atoms with van der Waals surface area (Å²) < 4.78 is 55.0. The Kier molecular flexibility index (Phi) is 9.51. The zero-order valence-corrected chi connectivity index (χ0v) is 16.5. The normalized spacial score (nSPS) is 11.4. The maximum atomic E-state index is 13.1. The molecule has 166 valence electrons. The first-order chi connectivity index (χ1) is 14.4. The summed E-state index contributed by atoms with van der Waals surface area (Å²) in [6.45, 7) is 2.48. The maximum absolute atomic E-state index is 13.1. The summed E-state index contributed by atoms with van der Waals surface area (Å²) in [5, 5.41) is 5.73. The number of anilines is 2. The number of hydrogen-bond donors (Lipinski definition) is 3. The molecule has 2 rings (SSSR count). The average molecular weight is 430 g/mol. The van der Waals surface area contributed by atoms with Gasteiger partial charge in [-0.2, -0.15) is 28.1 Å². The van der Waals surface area contributed by atoms with Crippen molar-refractivity contribution in [2.24, 2.45) is 5.73 Å². The number of nitrogens with one attached hydrogen (secondary N) is 2. The predicted molar refractivity (Wildman–Crippen MR) is 104 cm³/mol. The Labute approximate surface area is 172 Å². The van der Waals surface area contributed by atoms with Gasteiger partial charge in [0, 0.05) is 19.6 Å². The monoisotopic (exact) mass is 430 g/mol. The fourth-order valence-electron chi connectivity index (χ4n) is 2.37. The Morgan fingerprint density at radius 3 is 2.27 bits per heavy atom. The second kappa shape index (κ2) is 12.1. The molecule has 1 aromatic heterocycles. The molecule has 1 aromatic carbocycles. The Morgan fingerprint density at radius 1 is 0.933 bits per heavy atom. The molecule has 12 heteroatoms. The van der Waals surface area contributed by atoms with Gasteiger partial charge in [-0.25, -0.2) is 0 Å². The van der Waals surface area contributed by atoms with E-state index in [1.807, 2.05) is 0 Å². The van der Waals surface area contributed by atoms with Crippen LogP contribution in [0.5, 0.6) is 6.01 Å². The molecule has 0 aliphatic carbocycles. The molecule has 9 nitrogen and oxygen atoms in total. The number of rotatable bonds is 13. The first-order valence-corrected chi connectivity index (χ1v) is 9.22. The van der Waals surface area contributed by atoms with Crippen LogP contribution in [-0.4, -0.2) is 61.6 Å². The van der Waals surface area contributed by atoms with E-state index in [0.29, 0.717) is 39.5 Å². The van der Waals surface area contributed by atoms with Crippen molar-refractivity contribution in [3.05, 3.63) is 35.4 Å². The first kappa shape index (κ1) is 23.6. The molecule has 0 spiro atoms. The largest absolute Gasteiger partial charge is 0.467 e. The number of halogens is 3. The van der Waals surface area contributed by atoms with Crippen LogP contribution in [0.15, 0.2) is 24.3 Å². The van der Waals surface area contributed by atoms with Gasteiger partial charge in [0.25, 0.3) is 0 Å². The Bertz CT molecular complexity index is 779. The lowest BCUT2D eigenvalue weighted by Crippen LogP contribution is -2.17. The standard InChI is InChI=1S/C18H25F3N6O3/c1-28-17-26-15(23-7-9-30-11-10-29-8-6-22)25-16(27-17)24-12-13-4-2-3-5-14(13)18(19,20)21/h2-5H,6-12,22H2,1H3,(H2,23,24,25,26,27). The number of aromatic nitrogens is 3. The van der Waals surface area contributed by atoms with E-state index >= 15 is 0 Å². The van der Waals surface area contributed by atoms with E-state index in [-0.39, 0.29) is 30.0 Å². The van der Waals surface area contributed by atoms with E-state index in [9.17, 15) is 13.2 Å². The zero-order chi connectivity index (χ0) is 21.8. The van der Waals surface area contributed by atoms with Crippen molar-refractivity contribution in [1.29, 1.82) is 0 Å². The number of ether oxygens (including phenoxy) is 3. The summed E-state index contributed by atoms with van der Waals surface area (Å²) in [5.74, 6) is 0.286. The van der Waals surface area contributed by atoms with Crippen LogP contribution in [0.2, 0.25) is 0 Å². The topological polar surface area (TPSA) is 116 Å². The molecule has 1 heterocycles. The molecule has 0 atom stereocenters. The highest BCUT2D eigenvalue weighted by atomic mass is 19.4. The lowest BCUT2D eigenvalue weighted by Gasteiger charge is -2.14. The van der Waals surface area contributed by atoms with E-state index < -0.39 is 11.7 Å². The van der Waals surface area contributed by atoms with Gasteiger partial charge in [0.05, 0.1) is 39.1 Å². The van der Waals surface area contributed by atoms with Crippen molar-refractivity contribution in [1.82, 2.24) is 15.0 Å². The van der Waals surface area contributed by atoms with Crippen LogP contribution in [0, 0.1) is 0 Å². The molecule has 0 unspecified atom stereocenters. The van der Waals surface area contributed by atoms with Crippen molar-refractivity contribution in [2.75, 3.05) is 57.3 Å². The van der Waals surface area contributed by atoms with Gasteiger partial charge in [-0.15, -0.1) is 0 Å². The third-order valence-electron chi connectivity index (χ3n) is 3.72. The van der Waals surface area contributed by atoms with E-state index in [4.69, 9.17) is 19.9 Å². The zero-order valence-electron chi connectivity index (χ0n) is 16.5. The summed E-state index contributed by atoms with van der Waals surface area (Å²) in [6, 6.07) is 5.32. The van der Waals surface area contributed by atoms with E-state index in [1.165, 1.54) is 25.3 Å². The molecule has 0 amide bonds. The quantitative estimate of drug-likeness (QED) is 0.410. The smallest absolute Gasteiger partial charge is 0.416 e. The van der Waals surface area contributed by atoms with Crippen molar-refractivity contribution in [3.8, 4) is 6.01 Å². The van der Waals surface area contributed by atoms with Crippen LogP contribution >= 0.6 is 0 Å². The Balaban J connectivity index is 1.90. The molecule has 0 aliphatic rings. The number of nitrogens with two attached hydrogens (primary N) is 1. The molecule has 0 fully saturated rings. The van der Waals surface area contributed by atoms with Crippen molar-refractivity contribution < 1.29 is 27.4 Å². The van der Waals surface area contributed by atoms with Gasteiger partial charge in [0.2, 0.25) is 11.9 Å². The van der Waals surface area contributed by atoms with Crippen LogP contribution in [-0.2, 0) is 22.2 Å². The highest BCUT2D eigenvalue weighted by molar-refractivity contribution is 5.38. The summed E-state index contributed by atoms with van der Waals surface area (Å²) in [6.07, 6.45) is -4.45. The number of hydrogen-bond acceptors (Lipinski definition) is 9. The summed E-state index contributed by atoms with van der Waals surface area (Å²) >= 11 is 0. The van der Waals surface area contributed by atoms with Crippen LogP contribution < -0.4 is 21.1 Å². The first-order valence-electron chi connectivity index (χ1n) is 9.22. The maximum Gasteiger partial charge on any atom is 0.416 e. The number of benzene rings is 1. The van der Waals surface area contributed by atoms with Crippen LogP contribution in [0.3, 0.4) is 0 Å². The molecule has 0 saturated carbocycles. The van der Waals surface area contributed by atoms with Crippen molar-refractivity contribution in [3.63, 3.8) is 0 Å². The minimum Gasteiger partial charge on any atom is -0.467 e. The van der Waals surface area contributed by atoms with Gasteiger partial charge in [0.1, 0.15) is 0 Å². The third-order valence-corrected chi connectivity index (χ3v) is 3.72. The van der Waals surface area contributed by atoms with Crippen molar-refractivity contribution in [2.45, 2.75) is 12.7 Å². The number of alkyl halides is 3. The minimum atomic E-state index is -4.45. The lowest BCUT2D eigenvalue weighted by molar-refractivity contribution is -0.138. The summed E-state index contributed by atoms with van der Waals surface area (Å²) in [5.41, 5.74) is 4.67. The second-order valence-corrected chi connectivity index (χ2v) is 5.92. The second-order valence-electron chi connectivity index (χ2n) is 5.92. The van der Waals surface area contributed by atoms with Crippen LogP contribution in [0.25, 0.3) is 0 Å². The summed E-state index contributed by atoms with van der Waals surface area (Å²) in [4.78, 5) is 12.2. The van der Waals surface area contributed by atoms with Gasteiger partial charge >= 0.3 is 12.2 Å². The number of methoxy groups -OCH3 is 1. The third kappa shape index (κ3) is 7.97. The highest BCUT2D eigenvalue weighted by Crippen LogP contribution is 2.32. The van der Waals surface area contributed by atoms with Gasteiger partial charge in [-0.3, -0.25) is 0 Å². The van der Waals surface area contributed by atoms with Crippen molar-refractivity contribution >= 4 is 11.9 Å². The Hall–Kier alpha value is -2.70. The predicted octanol–water partition coefficient (Wildman–Crippen LogP) is 1.91. The average Bonchev–Trinajstić information content (AvgIpc) is 2.73. The molecular weight excluding hydrogens is 405 g/mol. The molecule has 4 N–H and O–H groups in total. The van der Waals surface area contributed by atoms with E-state index in [0.717, 1.165) is 6.07 Å². The minimum absolute atomic E-state index is 0.0233. The molecule has 0 bridgehead atoms. The van der Waals surface area contributed by atoms with Crippen LogP contribution in [0.4, 0.5) is 25.1 Å². The van der Waals surface area contributed by atoms with E-state index in [2.05, 4.69) is 25.6 Å². The van der Waals surface area contributed by atoms with Gasteiger partial charge < -0.3 is 30.6 Å². The van der Waals surface area contributed by atoms with Crippen LogP contribution in [0.1, 0.15) is 11.1 Å². The molecule has 0 radical (unpaired) electrons. The Morgan fingerprint density at radius 2 is 1.60 bits per heavy atom. The van der Waals surface area contributed by atoms with Gasteiger partial charge in [-0.05, 0) is 11.6 Å². The molecule has 0 aliphatic heterocycles. The fraction of sp³-hybridized carbons (Fsp3) is 0.500. The lowest BCUT2D eigenvalue weighted by atomic mass is 10.1. The molecular formula is C18H25F3N6O3. The fourth-order valence-corrected chi connectivity index (χ4v) is 2.37. The number of nitrogens with zero attached hydrogens (tertiary/aromatic N) is 3. The van der Waals surface area contributed by atoms with E-state index in [1.54, 1.807) is 0 Å².